The number of hydrogen-bond acceptors (Lipinski definition) is 5. The molecule has 0 aliphatic carbocycles. The van der Waals surface area contributed by atoms with E-state index in [1.807, 2.05) is 14.0 Å². The summed E-state index contributed by atoms with van der Waals surface area (Å²) in [6.07, 6.45) is 4.96. The van der Waals surface area contributed by atoms with Gasteiger partial charge in [-0.05, 0) is 18.7 Å². The lowest BCUT2D eigenvalue weighted by molar-refractivity contribution is 0.277. The molecule has 2 heterocycles. The standard InChI is InChI=1S/C10H12N4OS/c1-7-8(6-15)10(14(2)13-7)16-9-5-11-3-4-12-9/h3-5,15H,6H2,1-2H3. The lowest BCUT2D eigenvalue weighted by atomic mass is 10.3. The zero-order valence-corrected chi connectivity index (χ0v) is 9.90. The lowest BCUT2D eigenvalue weighted by Crippen LogP contribution is -1.94. The summed E-state index contributed by atoms with van der Waals surface area (Å²) in [4.78, 5) is 8.17. The van der Waals surface area contributed by atoms with Crippen LogP contribution in [0.15, 0.2) is 28.6 Å². The van der Waals surface area contributed by atoms with E-state index in [-0.39, 0.29) is 6.61 Å². The van der Waals surface area contributed by atoms with Crippen LogP contribution in [0.2, 0.25) is 0 Å². The molecule has 0 saturated heterocycles. The number of aliphatic hydroxyl groups is 1. The van der Waals surface area contributed by atoms with Gasteiger partial charge < -0.3 is 5.11 Å². The summed E-state index contributed by atoms with van der Waals surface area (Å²) in [6.45, 7) is 1.87. The molecule has 0 atom stereocenters. The van der Waals surface area contributed by atoms with Crippen molar-refractivity contribution in [3.05, 3.63) is 29.8 Å². The molecule has 1 N–H and O–H groups in total. The van der Waals surface area contributed by atoms with Gasteiger partial charge in [-0.25, -0.2) is 4.98 Å². The molecule has 2 rings (SSSR count). The Bertz CT molecular complexity index is 483. The van der Waals surface area contributed by atoms with Crippen molar-refractivity contribution in [3.63, 3.8) is 0 Å². The highest BCUT2D eigenvalue weighted by Crippen LogP contribution is 2.29. The van der Waals surface area contributed by atoms with E-state index >= 15 is 0 Å². The van der Waals surface area contributed by atoms with Crippen LogP contribution in [0.3, 0.4) is 0 Å². The Morgan fingerprint density at radius 3 is 2.88 bits per heavy atom. The summed E-state index contributed by atoms with van der Waals surface area (Å²) in [6, 6.07) is 0. The first-order valence-corrected chi connectivity index (χ1v) is 5.61. The Balaban J connectivity index is 2.34. The van der Waals surface area contributed by atoms with E-state index in [0.29, 0.717) is 0 Å². The number of nitrogens with zero attached hydrogens (tertiary/aromatic N) is 4. The van der Waals surface area contributed by atoms with Crippen molar-refractivity contribution in [2.45, 2.75) is 23.6 Å². The van der Waals surface area contributed by atoms with Crippen molar-refractivity contribution < 1.29 is 5.11 Å². The molecule has 0 fully saturated rings. The average Bonchev–Trinajstić information content (AvgIpc) is 2.55. The van der Waals surface area contributed by atoms with E-state index in [4.69, 9.17) is 0 Å². The predicted octanol–water partition coefficient (Wildman–Crippen LogP) is 1.16. The lowest BCUT2D eigenvalue weighted by Gasteiger charge is -2.02. The molecular formula is C10H12N4OS. The SMILES string of the molecule is Cc1nn(C)c(Sc2cnccn2)c1CO. The third kappa shape index (κ3) is 2.07. The van der Waals surface area contributed by atoms with Crippen LogP contribution in [0.5, 0.6) is 0 Å². The summed E-state index contributed by atoms with van der Waals surface area (Å²) < 4.78 is 1.75. The van der Waals surface area contributed by atoms with Crippen LogP contribution < -0.4 is 0 Å². The quantitative estimate of drug-likeness (QED) is 0.866. The number of aliphatic hydroxyl groups excluding tert-OH is 1. The van der Waals surface area contributed by atoms with Crippen LogP contribution >= 0.6 is 11.8 Å². The minimum absolute atomic E-state index is 0.0116. The van der Waals surface area contributed by atoms with Gasteiger partial charge in [-0.15, -0.1) is 0 Å². The fraction of sp³-hybridized carbons (Fsp3) is 0.300. The maximum absolute atomic E-state index is 9.29. The maximum atomic E-state index is 9.29. The first kappa shape index (κ1) is 11.1. The molecule has 0 saturated carbocycles. The highest BCUT2D eigenvalue weighted by molar-refractivity contribution is 7.99. The number of aromatic nitrogens is 4. The van der Waals surface area contributed by atoms with Gasteiger partial charge in [0.15, 0.2) is 0 Å². The monoisotopic (exact) mass is 236 g/mol. The van der Waals surface area contributed by atoms with Crippen LogP contribution in [0.1, 0.15) is 11.3 Å². The van der Waals surface area contributed by atoms with Gasteiger partial charge in [0.05, 0.1) is 18.5 Å². The van der Waals surface area contributed by atoms with Crippen LogP contribution in [-0.2, 0) is 13.7 Å². The van der Waals surface area contributed by atoms with Crippen molar-refractivity contribution in [1.29, 1.82) is 0 Å². The third-order valence-electron chi connectivity index (χ3n) is 2.19. The van der Waals surface area contributed by atoms with E-state index in [1.165, 1.54) is 11.8 Å². The molecule has 0 aliphatic heterocycles. The van der Waals surface area contributed by atoms with Gasteiger partial charge in [0.25, 0.3) is 0 Å². The number of rotatable bonds is 3. The van der Waals surface area contributed by atoms with Gasteiger partial charge in [0.1, 0.15) is 10.1 Å². The average molecular weight is 236 g/mol. The summed E-state index contributed by atoms with van der Waals surface area (Å²) in [7, 11) is 1.85. The molecule has 0 amide bonds. The second-order valence-electron chi connectivity index (χ2n) is 3.30. The van der Waals surface area contributed by atoms with Gasteiger partial charge in [0, 0.05) is 25.0 Å². The first-order valence-electron chi connectivity index (χ1n) is 4.79. The van der Waals surface area contributed by atoms with Crippen molar-refractivity contribution in [3.8, 4) is 0 Å². The van der Waals surface area contributed by atoms with Crippen molar-refractivity contribution in [2.24, 2.45) is 7.05 Å². The van der Waals surface area contributed by atoms with E-state index in [1.54, 1.807) is 23.3 Å². The van der Waals surface area contributed by atoms with Gasteiger partial charge in [-0.2, -0.15) is 5.10 Å². The summed E-state index contributed by atoms with van der Waals surface area (Å²) >= 11 is 1.45. The largest absolute Gasteiger partial charge is 0.392 e. The van der Waals surface area contributed by atoms with Gasteiger partial charge in [0.2, 0.25) is 0 Å². The molecule has 84 valence electrons. The first-order chi connectivity index (χ1) is 7.72. The van der Waals surface area contributed by atoms with Gasteiger partial charge >= 0.3 is 0 Å². The molecule has 2 aromatic rings. The Morgan fingerprint density at radius 2 is 2.25 bits per heavy atom. The van der Waals surface area contributed by atoms with E-state index < -0.39 is 0 Å². The predicted molar refractivity (Wildman–Crippen MR) is 60.0 cm³/mol. The van der Waals surface area contributed by atoms with Crippen LogP contribution in [0.25, 0.3) is 0 Å². The van der Waals surface area contributed by atoms with Crippen LogP contribution in [-0.4, -0.2) is 24.9 Å². The fourth-order valence-corrected chi connectivity index (χ4v) is 2.36. The number of hydrogen-bond donors (Lipinski definition) is 1. The summed E-state index contributed by atoms with van der Waals surface area (Å²) in [5, 5.41) is 15.2. The van der Waals surface area contributed by atoms with Crippen molar-refractivity contribution in [2.75, 3.05) is 0 Å². The molecule has 16 heavy (non-hydrogen) atoms. The van der Waals surface area contributed by atoms with E-state index in [9.17, 15) is 5.11 Å². The highest BCUT2D eigenvalue weighted by atomic mass is 32.2. The Kier molecular flexibility index (Phi) is 3.21. The topological polar surface area (TPSA) is 63.8 Å². The van der Waals surface area contributed by atoms with E-state index in [2.05, 4.69) is 15.1 Å². The molecular weight excluding hydrogens is 224 g/mol. The number of aryl methyl sites for hydroxylation is 2. The second kappa shape index (κ2) is 4.63. The Labute approximate surface area is 97.5 Å². The molecule has 0 bridgehead atoms. The van der Waals surface area contributed by atoms with Crippen molar-refractivity contribution >= 4 is 11.8 Å². The zero-order valence-electron chi connectivity index (χ0n) is 9.08. The molecule has 0 spiro atoms. The Morgan fingerprint density at radius 1 is 1.44 bits per heavy atom. The fourth-order valence-electron chi connectivity index (χ4n) is 1.43. The molecule has 6 heteroatoms. The highest BCUT2D eigenvalue weighted by Gasteiger charge is 2.13. The maximum Gasteiger partial charge on any atom is 0.121 e. The smallest absolute Gasteiger partial charge is 0.121 e. The van der Waals surface area contributed by atoms with Crippen molar-refractivity contribution in [1.82, 2.24) is 19.7 Å². The summed E-state index contributed by atoms with van der Waals surface area (Å²) in [5.41, 5.74) is 1.69. The molecule has 0 radical (unpaired) electrons. The Hall–Kier alpha value is -1.40. The molecule has 5 nitrogen and oxygen atoms in total. The molecule has 0 aliphatic rings. The third-order valence-corrected chi connectivity index (χ3v) is 3.31. The minimum Gasteiger partial charge on any atom is -0.392 e. The van der Waals surface area contributed by atoms with Crippen LogP contribution in [0, 0.1) is 6.92 Å². The minimum atomic E-state index is -0.0116. The molecule has 0 aromatic carbocycles. The summed E-state index contributed by atoms with van der Waals surface area (Å²) in [5.74, 6) is 0. The normalized spacial score (nSPS) is 10.7. The zero-order chi connectivity index (χ0) is 11.5. The van der Waals surface area contributed by atoms with E-state index in [0.717, 1.165) is 21.3 Å². The van der Waals surface area contributed by atoms with Crippen LogP contribution in [0.4, 0.5) is 0 Å². The molecule has 2 aromatic heterocycles. The van der Waals surface area contributed by atoms with Gasteiger partial charge in [-0.3, -0.25) is 9.67 Å². The molecule has 0 unspecified atom stereocenters. The van der Waals surface area contributed by atoms with Gasteiger partial charge in [-0.1, -0.05) is 0 Å². The second-order valence-corrected chi connectivity index (χ2v) is 4.31.